The highest BCUT2D eigenvalue weighted by atomic mass is 16.5. The van der Waals surface area contributed by atoms with Gasteiger partial charge < -0.3 is 19.2 Å². The molecule has 1 heterocycles. The summed E-state index contributed by atoms with van der Waals surface area (Å²) >= 11 is 0. The molecule has 0 aliphatic rings. The second-order valence-corrected chi connectivity index (χ2v) is 4.70. The molecule has 20 heavy (non-hydrogen) atoms. The molecule has 0 spiro atoms. The average Bonchev–Trinajstić information content (AvgIpc) is 2.92. The highest BCUT2D eigenvalue weighted by molar-refractivity contribution is 5.71. The Bertz CT molecular complexity index is 564. The van der Waals surface area contributed by atoms with E-state index in [1.165, 1.54) is 6.39 Å². The first kappa shape index (κ1) is 14.4. The summed E-state index contributed by atoms with van der Waals surface area (Å²) in [6.45, 7) is 4.82. The molecule has 108 valence electrons. The largest absolute Gasteiger partial charge is 0.493 e. The fraction of sp³-hybridized carbons (Fsp3) is 0.400. The molecule has 5 nitrogen and oxygen atoms in total. The second-order valence-electron chi connectivity index (χ2n) is 4.70. The summed E-state index contributed by atoms with van der Waals surface area (Å²) in [6.07, 6.45) is 1.45. The molecule has 2 aromatic rings. The van der Waals surface area contributed by atoms with E-state index in [2.05, 4.69) is 24.1 Å². The number of nitrogens with one attached hydrogen (secondary N) is 1. The molecule has 0 amide bonds. The van der Waals surface area contributed by atoms with Crippen LogP contribution in [0.5, 0.6) is 11.5 Å². The maximum absolute atomic E-state index is 5.54. The molecule has 1 N–H and O–H groups in total. The minimum Gasteiger partial charge on any atom is -0.493 e. The highest BCUT2D eigenvalue weighted by Gasteiger charge is 2.18. The number of benzene rings is 1. The second kappa shape index (κ2) is 6.43. The molecule has 0 saturated carbocycles. The average molecular weight is 276 g/mol. The number of methoxy groups -OCH3 is 2. The maximum atomic E-state index is 5.54. The quantitative estimate of drug-likeness (QED) is 0.879. The Morgan fingerprint density at radius 1 is 1.25 bits per heavy atom. The summed E-state index contributed by atoms with van der Waals surface area (Å²) in [6, 6.07) is 6.07. The topological polar surface area (TPSA) is 56.5 Å². The van der Waals surface area contributed by atoms with Gasteiger partial charge in [-0.15, -0.1) is 0 Å². The smallest absolute Gasteiger partial charge is 0.181 e. The fourth-order valence-electron chi connectivity index (χ4n) is 1.98. The summed E-state index contributed by atoms with van der Waals surface area (Å²) < 4.78 is 16.3. The van der Waals surface area contributed by atoms with Crippen LogP contribution in [0.2, 0.25) is 0 Å². The molecule has 2 rings (SSSR count). The Labute approximate surface area is 118 Å². The molecule has 0 saturated heterocycles. The molecule has 0 unspecified atom stereocenters. The van der Waals surface area contributed by atoms with Crippen LogP contribution in [0, 0.1) is 0 Å². The summed E-state index contributed by atoms with van der Waals surface area (Å²) in [7, 11) is 3.23. The third kappa shape index (κ3) is 2.93. The van der Waals surface area contributed by atoms with Gasteiger partial charge in [0.05, 0.1) is 19.8 Å². The van der Waals surface area contributed by atoms with Crippen molar-refractivity contribution in [1.29, 1.82) is 0 Å². The first-order valence-electron chi connectivity index (χ1n) is 6.54. The Morgan fingerprint density at radius 2 is 2.05 bits per heavy atom. The Kier molecular flexibility index (Phi) is 4.63. The van der Waals surface area contributed by atoms with E-state index in [1.54, 1.807) is 14.2 Å². The molecule has 0 radical (unpaired) electrons. The Hall–Kier alpha value is -2.01. The van der Waals surface area contributed by atoms with E-state index in [-0.39, 0.29) is 0 Å². The van der Waals surface area contributed by atoms with Gasteiger partial charge in [-0.3, -0.25) is 0 Å². The zero-order chi connectivity index (χ0) is 14.5. The third-order valence-electron chi connectivity index (χ3n) is 2.97. The minimum atomic E-state index is 0.381. The molecule has 0 fully saturated rings. The summed E-state index contributed by atoms with van der Waals surface area (Å²) in [4.78, 5) is 4.27. The maximum Gasteiger partial charge on any atom is 0.181 e. The zero-order valence-corrected chi connectivity index (χ0v) is 12.3. The first-order valence-corrected chi connectivity index (χ1v) is 6.54. The predicted octanol–water partition coefficient (Wildman–Crippen LogP) is 2.86. The number of hydrogen-bond donors (Lipinski definition) is 1. The molecule has 0 atom stereocenters. The third-order valence-corrected chi connectivity index (χ3v) is 2.97. The van der Waals surface area contributed by atoms with Crippen LogP contribution in [0.1, 0.15) is 19.5 Å². The van der Waals surface area contributed by atoms with Crippen molar-refractivity contribution in [1.82, 2.24) is 10.3 Å². The van der Waals surface area contributed by atoms with E-state index in [1.807, 2.05) is 18.2 Å². The van der Waals surface area contributed by atoms with E-state index in [0.717, 1.165) is 11.3 Å². The van der Waals surface area contributed by atoms with Crippen LogP contribution in [-0.4, -0.2) is 25.2 Å². The van der Waals surface area contributed by atoms with Crippen molar-refractivity contribution >= 4 is 0 Å². The molecular formula is C15H20N2O3. The van der Waals surface area contributed by atoms with Crippen molar-refractivity contribution in [3.8, 4) is 22.8 Å². The van der Waals surface area contributed by atoms with Crippen LogP contribution in [0.25, 0.3) is 11.3 Å². The highest BCUT2D eigenvalue weighted by Crippen LogP contribution is 2.38. The van der Waals surface area contributed by atoms with Crippen LogP contribution < -0.4 is 14.8 Å². The summed E-state index contributed by atoms with van der Waals surface area (Å²) in [5, 5.41) is 3.33. The van der Waals surface area contributed by atoms with Crippen LogP contribution in [-0.2, 0) is 6.54 Å². The van der Waals surface area contributed by atoms with Crippen molar-refractivity contribution in [2.24, 2.45) is 0 Å². The molecule has 0 aliphatic carbocycles. The summed E-state index contributed by atoms with van der Waals surface area (Å²) in [5.41, 5.74) is 1.69. The predicted molar refractivity (Wildman–Crippen MR) is 77.0 cm³/mol. The molecule has 5 heteroatoms. The van der Waals surface area contributed by atoms with Gasteiger partial charge in [-0.05, 0) is 12.1 Å². The minimum absolute atomic E-state index is 0.381. The molecule has 1 aromatic heterocycles. The van der Waals surface area contributed by atoms with Gasteiger partial charge in [-0.1, -0.05) is 19.9 Å². The van der Waals surface area contributed by atoms with Gasteiger partial charge >= 0.3 is 0 Å². The van der Waals surface area contributed by atoms with Crippen molar-refractivity contribution in [2.45, 2.75) is 26.4 Å². The summed E-state index contributed by atoms with van der Waals surface area (Å²) in [5.74, 6) is 2.02. The van der Waals surface area contributed by atoms with Gasteiger partial charge in [-0.2, -0.15) is 0 Å². The van der Waals surface area contributed by atoms with Gasteiger partial charge in [0.15, 0.2) is 23.7 Å². The van der Waals surface area contributed by atoms with Gasteiger partial charge in [0.25, 0.3) is 0 Å². The molecule has 1 aromatic carbocycles. The van der Waals surface area contributed by atoms with E-state index < -0.39 is 0 Å². The monoisotopic (exact) mass is 276 g/mol. The Morgan fingerprint density at radius 3 is 2.70 bits per heavy atom. The van der Waals surface area contributed by atoms with E-state index in [0.29, 0.717) is 29.8 Å². The van der Waals surface area contributed by atoms with Crippen LogP contribution in [0.3, 0.4) is 0 Å². The van der Waals surface area contributed by atoms with E-state index in [9.17, 15) is 0 Å². The van der Waals surface area contributed by atoms with Gasteiger partial charge in [0, 0.05) is 12.6 Å². The van der Waals surface area contributed by atoms with Crippen molar-refractivity contribution in [3.63, 3.8) is 0 Å². The SMILES string of the molecule is COc1cccc(-c2ocnc2CNC(C)C)c1OC. The van der Waals surface area contributed by atoms with E-state index in [4.69, 9.17) is 13.9 Å². The lowest BCUT2D eigenvalue weighted by atomic mass is 10.1. The van der Waals surface area contributed by atoms with Gasteiger partial charge in [-0.25, -0.2) is 4.98 Å². The van der Waals surface area contributed by atoms with Gasteiger partial charge in [0.2, 0.25) is 0 Å². The molecule has 0 bridgehead atoms. The number of para-hydroxylation sites is 1. The number of ether oxygens (including phenoxy) is 2. The number of nitrogens with zero attached hydrogens (tertiary/aromatic N) is 1. The standard InChI is InChI=1S/C15H20N2O3/c1-10(2)16-8-12-14(20-9-17-12)11-6-5-7-13(18-3)15(11)19-4/h5-7,9-10,16H,8H2,1-4H3. The van der Waals surface area contributed by atoms with Crippen LogP contribution in [0.15, 0.2) is 29.0 Å². The normalized spacial score (nSPS) is 10.8. The lowest BCUT2D eigenvalue weighted by molar-refractivity contribution is 0.355. The lowest BCUT2D eigenvalue weighted by Crippen LogP contribution is -2.22. The number of hydrogen-bond acceptors (Lipinski definition) is 5. The number of aromatic nitrogens is 1. The van der Waals surface area contributed by atoms with Crippen molar-refractivity contribution in [3.05, 3.63) is 30.3 Å². The number of oxazole rings is 1. The van der Waals surface area contributed by atoms with Crippen molar-refractivity contribution in [2.75, 3.05) is 14.2 Å². The Balaban J connectivity index is 2.39. The van der Waals surface area contributed by atoms with Crippen LogP contribution in [0.4, 0.5) is 0 Å². The van der Waals surface area contributed by atoms with Crippen molar-refractivity contribution < 1.29 is 13.9 Å². The molecular weight excluding hydrogens is 256 g/mol. The fourth-order valence-corrected chi connectivity index (χ4v) is 1.98. The van der Waals surface area contributed by atoms with Gasteiger partial charge in [0.1, 0.15) is 5.69 Å². The lowest BCUT2D eigenvalue weighted by Gasteiger charge is -2.12. The van der Waals surface area contributed by atoms with E-state index >= 15 is 0 Å². The van der Waals surface area contributed by atoms with Crippen LogP contribution >= 0.6 is 0 Å². The first-order chi connectivity index (χ1) is 9.67. The molecule has 0 aliphatic heterocycles. The number of rotatable bonds is 6. The zero-order valence-electron chi connectivity index (χ0n) is 12.3.